The molecule has 1 aliphatic carbocycles. The predicted molar refractivity (Wildman–Crippen MR) is 163 cm³/mol. The van der Waals surface area contributed by atoms with E-state index in [1.54, 1.807) is 0 Å². The summed E-state index contributed by atoms with van der Waals surface area (Å²) in [5.74, 6) is 1.01. The van der Waals surface area contributed by atoms with E-state index in [2.05, 4.69) is 132 Å². The lowest BCUT2D eigenvalue weighted by molar-refractivity contribution is -0.814. The van der Waals surface area contributed by atoms with E-state index >= 15 is 0 Å². The molecular weight excluding hydrogens is 488 g/mol. The van der Waals surface area contributed by atoms with Crippen molar-refractivity contribution in [2.45, 2.75) is 18.9 Å². The highest BCUT2D eigenvalue weighted by Gasteiger charge is 2.43. The number of fused-ring (bicyclic) bond motifs is 7. The monoisotopic (exact) mass is 515 g/mol. The van der Waals surface area contributed by atoms with Gasteiger partial charge < -0.3 is 8.98 Å². The van der Waals surface area contributed by atoms with Gasteiger partial charge in [-0.25, -0.2) is 0 Å². The van der Waals surface area contributed by atoms with Crippen molar-refractivity contribution in [2.75, 3.05) is 0 Å². The molecule has 3 nitrogen and oxygen atoms in total. The van der Waals surface area contributed by atoms with E-state index in [0.717, 1.165) is 24.2 Å². The third-order valence-corrected chi connectivity index (χ3v) is 8.85. The minimum absolute atomic E-state index is 0.288. The molecule has 2 aromatic heterocycles. The van der Waals surface area contributed by atoms with Gasteiger partial charge in [0.2, 0.25) is 0 Å². The Morgan fingerprint density at radius 3 is 2.50 bits per heavy atom. The lowest BCUT2D eigenvalue weighted by Crippen LogP contribution is -3.07. The van der Waals surface area contributed by atoms with Crippen LogP contribution in [0.25, 0.3) is 44.5 Å². The lowest BCUT2D eigenvalue weighted by atomic mass is 9.87. The maximum absolute atomic E-state index is 6.32. The summed E-state index contributed by atoms with van der Waals surface area (Å²) >= 11 is 0. The number of allylic oxidation sites excluding steroid dienone is 1. The molecule has 0 spiro atoms. The first-order chi connectivity index (χ1) is 19.8. The van der Waals surface area contributed by atoms with Crippen molar-refractivity contribution < 1.29 is 9.32 Å². The van der Waals surface area contributed by atoms with Gasteiger partial charge in [0.25, 0.3) is 0 Å². The van der Waals surface area contributed by atoms with Crippen molar-refractivity contribution in [1.29, 1.82) is 0 Å². The number of furan rings is 1. The molecule has 3 heteroatoms. The Morgan fingerprint density at radius 1 is 0.700 bits per heavy atom. The Labute approximate surface area is 232 Å². The number of aromatic nitrogens is 1. The first-order valence-electron chi connectivity index (χ1n) is 14.1. The molecule has 0 saturated heterocycles. The quantitative estimate of drug-likeness (QED) is 0.251. The van der Waals surface area contributed by atoms with E-state index in [9.17, 15) is 0 Å². The van der Waals surface area contributed by atoms with Crippen molar-refractivity contribution in [3.63, 3.8) is 0 Å². The minimum Gasteiger partial charge on any atom is -0.456 e. The molecule has 2 unspecified atom stereocenters. The molecular formula is C37H27N2O+. The summed E-state index contributed by atoms with van der Waals surface area (Å²) in [5, 5.41) is 3.71. The third-order valence-electron chi connectivity index (χ3n) is 8.85. The summed E-state index contributed by atoms with van der Waals surface area (Å²) in [6, 6.07) is 42.5. The fourth-order valence-corrected chi connectivity index (χ4v) is 7.07. The van der Waals surface area contributed by atoms with Crippen LogP contribution in [0.2, 0.25) is 0 Å². The Morgan fingerprint density at radius 2 is 1.55 bits per heavy atom. The summed E-state index contributed by atoms with van der Waals surface area (Å²) < 4.78 is 8.76. The number of benzene rings is 5. The molecule has 40 heavy (non-hydrogen) atoms. The second-order valence-corrected chi connectivity index (χ2v) is 11.0. The molecule has 5 aromatic carbocycles. The molecule has 3 heterocycles. The topological polar surface area (TPSA) is 22.5 Å². The number of hydrogen-bond acceptors (Lipinski definition) is 1. The van der Waals surface area contributed by atoms with E-state index in [0.29, 0.717) is 0 Å². The highest BCUT2D eigenvalue weighted by Crippen LogP contribution is 2.40. The van der Waals surface area contributed by atoms with Crippen LogP contribution in [0.5, 0.6) is 0 Å². The van der Waals surface area contributed by atoms with Gasteiger partial charge in [0.1, 0.15) is 22.7 Å². The van der Waals surface area contributed by atoms with Gasteiger partial charge in [-0.2, -0.15) is 0 Å². The van der Waals surface area contributed by atoms with Gasteiger partial charge in [0.05, 0.1) is 22.3 Å². The fourth-order valence-electron chi connectivity index (χ4n) is 7.07. The van der Waals surface area contributed by atoms with Crippen LogP contribution in [0, 0.1) is 0 Å². The Hall–Kier alpha value is -4.86. The molecule has 1 N–H and O–H groups in total. The van der Waals surface area contributed by atoms with Gasteiger partial charge in [-0.3, -0.25) is 4.90 Å². The molecule has 0 radical (unpaired) electrons. The Bertz CT molecular complexity index is 2130. The highest BCUT2D eigenvalue weighted by molar-refractivity contribution is 6.13. The number of para-hydroxylation sites is 2. The Balaban J connectivity index is 1.26. The smallest absolute Gasteiger partial charge is 0.154 e. The molecule has 0 bridgehead atoms. The summed E-state index contributed by atoms with van der Waals surface area (Å²) in [7, 11) is 0. The lowest BCUT2D eigenvalue weighted by Gasteiger charge is -2.38. The van der Waals surface area contributed by atoms with Crippen molar-refractivity contribution in [2.24, 2.45) is 0 Å². The van der Waals surface area contributed by atoms with Gasteiger partial charge in [-0.05, 0) is 55.3 Å². The standard InChI is InChI=1S/C37H26N2O/c1-2-11-24(12-3-1)37-29-17-5-8-19-33(29)39(37)26-14-10-13-25(21-26)38-32-18-7-4-15-27(32)30-23-36-31(22-34(30)38)28-16-6-9-20-35(28)40-36/h1-5,7-15,17-23,37H,6,16H2/p+1. The number of aryl methyl sites for hydroxylation is 1. The van der Waals surface area contributed by atoms with Crippen molar-refractivity contribution >= 4 is 50.2 Å². The van der Waals surface area contributed by atoms with E-state index in [1.807, 2.05) is 0 Å². The van der Waals surface area contributed by atoms with E-state index in [4.69, 9.17) is 4.42 Å². The van der Waals surface area contributed by atoms with Gasteiger partial charge >= 0.3 is 0 Å². The van der Waals surface area contributed by atoms with Crippen LogP contribution in [-0.2, 0) is 6.42 Å². The largest absolute Gasteiger partial charge is 0.456 e. The highest BCUT2D eigenvalue weighted by atomic mass is 16.3. The van der Waals surface area contributed by atoms with Crippen molar-refractivity contribution in [3.05, 3.63) is 144 Å². The zero-order valence-corrected chi connectivity index (χ0v) is 22.0. The maximum Gasteiger partial charge on any atom is 0.154 e. The van der Waals surface area contributed by atoms with Gasteiger partial charge in [0.15, 0.2) is 6.04 Å². The van der Waals surface area contributed by atoms with Crippen molar-refractivity contribution in [1.82, 2.24) is 4.57 Å². The van der Waals surface area contributed by atoms with Gasteiger partial charge in [-0.15, -0.1) is 0 Å². The maximum atomic E-state index is 6.32. The zero-order valence-electron chi connectivity index (χ0n) is 22.0. The molecule has 9 rings (SSSR count). The van der Waals surface area contributed by atoms with Crippen LogP contribution < -0.4 is 4.90 Å². The molecule has 2 atom stereocenters. The average Bonchev–Trinajstić information content (AvgIpc) is 3.52. The number of hydrogen-bond donors (Lipinski definition) is 1. The second-order valence-electron chi connectivity index (χ2n) is 11.0. The predicted octanol–water partition coefficient (Wildman–Crippen LogP) is 8.44. The number of rotatable bonds is 3. The van der Waals surface area contributed by atoms with Crippen LogP contribution in [0.3, 0.4) is 0 Å². The van der Waals surface area contributed by atoms with Crippen LogP contribution in [-0.4, -0.2) is 4.57 Å². The molecule has 7 aromatic rings. The average molecular weight is 516 g/mol. The Kier molecular flexibility index (Phi) is 4.58. The number of nitrogens with zero attached hydrogens (tertiary/aromatic N) is 1. The fraction of sp³-hybridized carbons (Fsp3) is 0.0811. The second kappa shape index (κ2) is 8.32. The van der Waals surface area contributed by atoms with Crippen molar-refractivity contribution in [3.8, 4) is 5.69 Å². The summed E-state index contributed by atoms with van der Waals surface area (Å²) in [5.41, 5.74) is 11.3. The van der Waals surface area contributed by atoms with Crippen LogP contribution in [0.4, 0.5) is 11.4 Å². The molecule has 0 amide bonds. The van der Waals surface area contributed by atoms with Crippen LogP contribution in [0.15, 0.2) is 126 Å². The number of nitrogens with one attached hydrogen (secondary N) is 1. The van der Waals surface area contributed by atoms with Crippen LogP contribution >= 0.6 is 0 Å². The summed E-state index contributed by atoms with van der Waals surface area (Å²) in [6.07, 6.45) is 6.44. The number of quaternary nitrogens is 1. The molecule has 1 aliphatic heterocycles. The van der Waals surface area contributed by atoms with Gasteiger partial charge in [-0.1, -0.05) is 72.8 Å². The normalized spacial score (nSPS) is 17.7. The van der Waals surface area contributed by atoms with Gasteiger partial charge in [0, 0.05) is 39.4 Å². The minimum atomic E-state index is 0.288. The molecule has 190 valence electrons. The first kappa shape index (κ1) is 22.0. The summed E-state index contributed by atoms with van der Waals surface area (Å²) in [4.78, 5) is 1.41. The zero-order chi connectivity index (χ0) is 26.2. The third kappa shape index (κ3) is 3.04. The molecule has 0 fully saturated rings. The first-order valence-corrected chi connectivity index (χ1v) is 14.1. The molecule has 2 aliphatic rings. The van der Waals surface area contributed by atoms with E-state index in [-0.39, 0.29) is 6.04 Å². The van der Waals surface area contributed by atoms with E-state index in [1.165, 1.54) is 65.8 Å². The van der Waals surface area contributed by atoms with E-state index < -0.39 is 0 Å². The van der Waals surface area contributed by atoms with Crippen LogP contribution in [0.1, 0.15) is 34.9 Å². The SMILES string of the molecule is C1=Cc2oc3cc4c5ccccc5n(-c5cccc([NH+]6c7ccccc7C6c6ccccc6)c5)c4cc3c2CC1. The molecule has 0 saturated carbocycles. The summed E-state index contributed by atoms with van der Waals surface area (Å²) in [6.45, 7) is 0.